The van der Waals surface area contributed by atoms with Crippen molar-refractivity contribution in [2.75, 3.05) is 6.54 Å². The largest absolute Gasteiger partial charge is 0.453 e. The van der Waals surface area contributed by atoms with Gasteiger partial charge in [-0.3, -0.25) is 9.59 Å². The van der Waals surface area contributed by atoms with Gasteiger partial charge >= 0.3 is 0 Å². The van der Waals surface area contributed by atoms with Crippen LogP contribution in [0.4, 0.5) is 0 Å². The van der Waals surface area contributed by atoms with Gasteiger partial charge in [0.1, 0.15) is 5.76 Å². The quantitative estimate of drug-likeness (QED) is 0.670. The molecule has 0 aliphatic heterocycles. The number of terminal acetylenes is 1. The van der Waals surface area contributed by atoms with Crippen molar-refractivity contribution in [2.45, 2.75) is 0 Å². The van der Waals surface area contributed by atoms with E-state index in [0.717, 1.165) is 0 Å². The molecule has 1 heterocycles. The van der Waals surface area contributed by atoms with Gasteiger partial charge in [-0.1, -0.05) is 24.1 Å². The Morgan fingerprint density at radius 2 is 2.11 bits per heavy atom. The molecule has 0 radical (unpaired) electrons. The minimum Gasteiger partial charge on any atom is -0.453 e. The zero-order valence-corrected chi connectivity index (χ0v) is 10.1. The summed E-state index contributed by atoms with van der Waals surface area (Å²) in [5, 5.41) is 2.59. The highest BCUT2D eigenvalue weighted by Crippen LogP contribution is 2.25. The van der Waals surface area contributed by atoms with Crippen molar-refractivity contribution in [3.8, 4) is 23.7 Å². The second-order valence-corrected chi connectivity index (χ2v) is 3.75. The third kappa shape index (κ3) is 2.72. The normalized spacial score (nSPS) is 9.63. The number of benzene rings is 1. The van der Waals surface area contributed by atoms with Crippen LogP contribution in [0.15, 0.2) is 40.8 Å². The Labute approximate surface area is 110 Å². The van der Waals surface area contributed by atoms with Crippen LogP contribution in [0, 0.1) is 12.3 Å². The average Bonchev–Trinajstić information content (AvgIpc) is 2.93. The summed E-state index contributed by atoms with van der Waals surface area (Å²) in [4.78, 5) is 22.6. The molecule has 1 amide bonds. The Kier molecular flexibility index (Phi) is 3.79. The number of furan rings is 1. The molecular weight excluding hydrogens is 242 g/mol. The van der Waals surface area contributed by atoms with E-state index in [1.807, 2.05) is 0 Å². The molecule has 0 saturated carbocycles. The van der Waals surface area contributed by atoms with Gasteiger partial charge in [0.25, 0.3) is 5.91 Å². The minimum atomic E-state index is -0.280. The smallest absolute Gasteiger partial charge is 0.252 e. The Bertz CT molecular complexity index is 649. The van der Waals surface area contributed by atoms with Crippen LogP contribution in [-0.2, 0) is 0 Å². The van der Waals surface area contributed by atoms with E-state index in [2.05, 4.69) is 11.2 Å². The molecule has 0 aliphatic carbocycles. The molecule has 1 aromatic heterocycles. The molecule has 1 N–H and O–H groups in total. The lowest BCUT2D eigenvalue weighted by molar-refractivity contribution is 0.0959. The number of aldehydes is 1. The predicted octanol–water partition coefficient (Wildman–Crippen LogP) is 2.12. The summed E-state index contributed by atoms with van der Waals surface area (Å²) in [5.74, 6) is 2.74. The van der Waals surface area contributed by atoms with Crippen LogP contribution in [0.25, 0.3) is 11.3 Å². The van der Waals surface area contributed by atoms with Crippen LogP contribution in [0.5, 0.6) is 0 Å². The van der Waals surface area contributed by atoms with Crippen molar-refractivity contribution in [1.29, 1.82) is 0 Å². The predicted molar refractivity (Wildman–Crippen MR) is 70.7 cm³/mol. The molecule has 4 heteroatoms. The van der Waals surface area contributed by atoms with Gasteiger partial charge < -0.3 is 9.73 Å². The maximum atomic E-state index is 12.0. The topological polar surface area (TPSA) is 59.3 Å². The van der Waals surface area contributed by atoms with Gasteiger partial charge in [0.2, 0.25) is 0 Å². The monoisotopic (exact) mass is 253 g/mol. The van der Waals surface area contributed by atoms with Crippen LogP contribution < -0.4 is 5.32 Å². The molecule has 2 rings (SSSR count). The SMILES string of the molecule is C#CCNC(=O)c1ccccc1-c1ccc(C=O)o1. The van der Waals surface area contributed by atoms with Crippen molar-refractivity contribution in [2.24, 2.45) is 0 Å². The van der Waals surface area contributed by atoms with Crippen LogP contribution in [0.1, 0.15) is 20.9 Å². The molecule has 0 atom stereocenters. The standard InChI is InChI=1S/C15H11NO3/c1-2-9-16-15(18)13-6-4-3-5-12(13)14-8-7-11(10-17)19-14/h1,3-8,10H,9H2,(H,16,18). The third-order valence-corrected chi connectivity index (χ3v) is 2.53. The molecule has 4 nitrogen and oxygen atoms in total. The molecule has 94 valence electrons. The number of hydrogen-bond acceptors (Lipinski definition) is 3. The van der Waals surface area contributed by atoms with Crippen LogP contribution in [0.2, 0.25) is 0 Å². The number of nitrogens with one attached hydrogen (secondary N) is 1. The lowest BCUT2D eigenvalue weighted by Crippen LogP contribution is -2.24. The van der Waals surface area contributed by atoms with Gasteiger partial charge in [-0.15, -0.1) is 6.42 Å². The van der Waals surface area contributed by atoms with Gasteiger partial charge in [-0.05, 0) is 18.2 Å². The molecule has 0 saturated heterocycles. The molecule has 0 bridgehead atoms. The highest BCUT2D eigenvalue weighted by Gasteiger charge is 2.14. The van der Waals surface area contributed by atoms with E-state index in [0.29, 0.717) is 23.2 Å². The molecule has 0 unspecified atom stereocenters. The first kappa shape index (κ1) is 12.7. The molecule has 2 aromatic rings. The van der Waals surface area contributed by atoms with E-state index >= 15 is 0 Å². The van der Waals surface area contributed by atoms with Crippen molar-refractivity contribution in [1.82, 2.24) is 5.32 Å². The van der Waals surface area contributed by atoms with E-state index in [1.54, 1.807) is 36.4 Å². The fraction of sp³-hybridized carbons (Fsp3) is 0.0667. The van der Waals surface area contributed by atoms with Crippen molar-refractivity contribution in [3.05, 3.63) is 47.7 Å². The van der Waals surface area contributed by atoms with Crippen molar-refractivity contribution >= 4 is 12.2 Å². The van der Waals surface area contributed by atoms with Gasteiger partial charge in [0.15, 0.2) is 12.0 Å². The van der Waals surface area contributed by atoms with Crippen LogP contribution >= 0.6 is 0 Å². The first-order valence-corrected chi connectivity index (χ1v) is 5.62. The first-order chi connectivity index (χ1) is 9.26. The molecule has 0 spiro atoms. The molecule has 19 heavy (non-hydrogen) atoms. The Hall–Kier alpha value is -2.80. The second-order valence-electron chi connectivity index (χ2n) is 3.75. The Balaban J connectivity index is 2.38. The third-order valence-electron chi connectivity index (χ3n) is 2.53. The van der Waals surface area contributed by atoms with Gasteiger partial charge in [-0.25, -0.2) is 0 Å². The van der Waals surface area contributed by atoms with Crippen LogP contribution in [-0.4, -0.2) is 18.7 Å². The summed E-state index contributed by atoms with van der Waals surface area (Å²) in [7, 11) is 0. The van der Waals surface area contributed by atoms with E-state index < -0.39 is 0 Å². The zero-order valence-electron chi connectivity index (χ0n) is 10.1. The lowest BCUT2D eigenvalue weighted by Gasteiger charge is -2.06. The number of hydrogen-bond donors (Lipinski definition) is 1. The maximum Gasteiger partial charge on any atom is 0.252 e. The number of rotatable bonds is 4. The number of amides is 1. The van der Waals surface area contributed by atoms with Crippen LogP contribution in [0.3, 0.4) is 0 Å². The fourth-order valence-corrected chi connectivity index (χ4v) is 1.68. The summed E-state index contributed by atoms with van der Waals surface area (Å²) >= 11 is 0. The zero-order chi connectivity index (χ0) is 13.7. The number of carbonyl (C=O) groups is 2. The van der Waals surface area contributed by atoms with Crippen molar-refractivity contribution in [3.63, 3.8) is 0 Å². The first-order valence-electron chi connectivity index (χ1n) is 5.62. The second kappa shape index (κ2) is 5.69. The van der Waals surface area contributed by atoms with Gasteiger partial charge in [0.05, 0.1) is 12.1 Å². The van der Waals surface area contributed by atoms with E-state index in [4.69, 9.17) is 10.8 Å². The minimum absolute atomic E-state index is 0.158. The van der Waals surface area contributed by atoms with E-state index in [-0.39, 0.29) is 18.2 Å². The summed E-state index contributed by atoms with van der Waals surface area (Å²) < 4.78 is 5.33. The van der Waals surface area contributed by atoms with E-state index in [9.17, 15) is 9.59 Å². The summed E-state index contributed by atoms with van der Waals surface area (Å²) in [6.45, 7) is 0.158. The summed E-state index contributed by atoms with van der Waals surface area (Å²) in [6.07, 6.45) is 5.72. The Morgan fingerprint density at radius 3 is 2.79 bits per heavy atom. The summed E-state index contributed by atoms with van der Waals surface area (Å²) in [5.41, 5.74) is 1.06. The molecule has 1 aromatic carbocycles. The van der Waals surface area contributed by atoms with Gasteiger partial charge in [0, 0.05) is 5.56 Å². The highest BCUT2D eigenvalue weighted by atomic mass is 16.3. The maximum absolute atomic E-state index is 12.0. The molecular formula is C15H11NO3. The Morgan fingerprint density at radius 1 is 1.32 bits per heavy atom. The van der Waals surface area contributed by atoms with E-state index in [1.165, 1.54) is 0 Å². The molecule has 0 fully saturated rings. The van der Waals surface area contributed by atoms with Gasteiger partial charge in [-0.2, -0.15) is 0 Å². The number of carbonyl (C=O) groups excluding carboxylic acids is 2. The average molecular weight is 253 g/mol. The lowest BCUT2D eigenvalue weighted by atomic mass is 10.0. The summed E-state index contributed by atoms with van der Waals surface area (Å²) in [6, 6.07) is 10.2. The fourth-order valence-electron chi connectivity index (χ4n) is 1.68. The highest BCUT2D eigenvalue weighted by molar-refractivity contribution is 6.00. The van der Waals surface area contributed by atoms with Crippen molar-refractivity contribution < 1.29 is 14.0 Å². The molecule has 0 aliphatic rings.